The van der Waals surface area contributed by atoms with E-state index in [4.69, 9.17) is 16.3 Å². The number of aliphatic hydroxyl groups is 1. The van der Waals surface area contributed by atoms with Crippen LogP contribution in [-0.4, -0.2) is 69.7 Å². The van der Waals surface area contributed by atoms with Crippen LogP contribution in [0.4, 0.5) is 0 Å². The smallest absolute Gasteiger partial charge is 0.175 e. The molecule has 136 valence electrons. The highest BCUT2D eigenvalue weighted by molar-refractivity contribution is 7.90. The Balaban J connectivity index is 2.14. The molecule has 0 spiro atoms. The van der Waals surface area contributed by atoms with Gasteiger partial charge in [-0.3, -0.25) is 4.90 Å². The number of ether oxygens (including phenoxy) is 1. The summed E-state index contributed by atoms with van der Waals surface area (Å²) < 4.78 is 29.5. The minimum absolute atomic E-state index is 0.0533. The number of morpholine rings is 1. The molecule has 1 saturated heterocycles. The van der Waals surface area contributed by atoms with Crippen molar-refractivity contribution in [2.45, 2.75) is 29.9 Å². The van der Waals surface area contributed by atoms with Crippen molar-refractivity contribution < 1.29 is 18.3 Å². The van der Waals surface area contributed by atoms with E-state index in [9.17, 15) is 13.5 Å². The molecule has 1 heterocycles. The van der Waals surface area contributed by atoms with Gasteiger partial charge in [-0.1, -0.05) is 17.7 Å². The number of hydrogen-bond donors (Lipinski definition) is 2. The highest BCUT2D eigenvalue weighted by Gasteiger charge is 2.40. The van der Waals surface area contributed by atoms with Crippen LogP contribution in [0, 0.1) is 0 Å². The Labute approximate surface area is 148 Å². The largest absolute Gasteiger partial charge is 0.394 e. The molecule has 1 aromatic carbocycles. The van der Waals surface area contributed by atoms with Crippen molar-refractivity contribution in [2.24, 2.45) is 0 Å². The number of benzene rings is 1. The molecule has 0 unspecified atom stereocenters. The molecule has 8 heteroatoms. The van der Waals surface area contributed by atoms with E-state index in [1.54, 1.807) is 18.2 Å². The normalized spacial score (nSPS) is 25.8. The van der Waals surface area contributed by atoms with Crippen molar-refractivity contribution in [3.05, 3.63) is 28.8 Å². The Bertz CT molecular complexity index is 683. The summed E-state index contributed by atoms with van der Waals surface area (Å²) in [6.45, 7) is 3.78. The first kappa shape index (κ1) is 19.6. The maximum atomic E-state index is 11.9. The van der Waals surface area contributed by atoms with E-state index < -0.39 is 15.4 Å². The van der Waals surface area contributed by atoms with Gasteiger partial charge in [0, 0.05) is 36.0 Å². The summed E-state index contributed by atoms with van der Waals surface area (Å²) in [5.41, 5.74) is 0.00617. The SMILES string of the molecule is C[C@@H]1COC[C@@](CO)(CNCc2c(Cl)cccc2S(C)(=O)=O)N1C. The second-order valence-electron chi connectivity index (χ2n) is 6.45. The number of hydrogen-bond acceptors (Lipinski definition) is 6. The van der Waals surface area contributed by atoms with E-state index in [-0.39, 0.29) is 17.5 Å². The maximum absolute atomic E-state index is 11.9. The molecule has 0 aromatic heterocycles. The van der Waals surface area contributed by atoms with Gasteiger partial charge in [-0.05, 0) is 26.1 Å². The second kappa shape index (κ2) is 7.68. The molecule has 2 rings (SSSR count). The molecule has 1 fully saturated rings. The molecular weight excluding hydrogens is 352 g/mol. The van der Waals surface area contributed by atoms with Crippen LogP contribution in [-0.2, 0) is 21.1 Å². The van der Waals surface area contributed by atoms with Gasteiger partial charge in [0.15, 0.2) is 9.84 Å². The first-order chi connectivity index (χ1) is 11.2. The predicted octanol–water partition coefficient (Wildman–Crippen LogP) is 0.915. The molecule has 1 aliphatic rings. The van der Waals surface area contributed by atoms with E-state index in [0.29, 0.717) is 36.9 Å². The zero-order valence-electron chi connectivity index (χ0n) is 14.3. The molecule has 2 N–H and O–H groups in total. The number of aliphatic hydroxyl groups excluding tert-OH is 1. The van der Waals surface area contributed by atoms with Crippen LogP contribution in [0.5, 0.6) is 0 Å². The summed E-state index contributed by atoms with van der Waals surface area (Å²) in [5.74, 6) is 0. The van der Waals surface area contributed by atoms with Crippen molar-refractivity contribution >= 4 is 21.4 Å². The van der Waals surface area contributed by atoms with Gasteiger partial charge in [-0.2, -0.15) is 0 Å². The van der Waals surface area contributed by atoms with Gasteiger partial charge in [-0.15, -0.1) is 0 Å². The Morgan fingerprint density at radius 2 is 2.21 bits per heavy atom. The number of nitrogens with one attached hydrogen (secondary N) is 1. The highest BCUT2D eigenvalue weighted by Crippen LogP contribution is 2.25. The van der Waals surface area contributed by atoms with E-state index in [0.717, 1.165) is 0 Å². The minimum Gasteiger partial charge on any atom is -0.394 e. The summed E-state index contributed by atoms with van der Waals surface area (Å²) in [7, 11) is -1.40. The molecule has 6 nitrogen and oxygen atoms in total. The number of likely N-dealkylation sites (N-methyl/N-ethyl adjacent to an activating group) is 1. The Hall–Kier alpha value is -0.700. The first-order valence-electron chi connectivity index (χ1n) is 7.81. The van der Waals surface area contributed by atoms with Gasteiger partial charge in [0.2, 0.25) is 0 Å². The molecular formula is C16H25ClN2O4S. The van der Waals surface area contributed by atoms with Crippen molar-refractivity contribution in [3.63, 3.8) is 0 Å². The quantitative estimate of drug-likeness (QED) is 0.768. The van der Waals surface area contributed by atoms with Crippen molar-refractivity contribution in [1.82, 2.24) is 10.2 Å². The van der Waals surface area contributed by atoms with Crippen LogP contribution >= 0.6 is 11.6 Å². The average Bonchev–Trinajstić information content (AvgIpc) is 2.52. The van der Waals surface area contributed by atoms with Gasteiger partial charge < -0.3 is 15.2 Å². The Morgan fingerprint density at radius 3 is 2.83 bits per heavy atom. The molecule has 0 aliphatic carbocycles. The summed E-state index contributed by atoms with van der Waals surface area (Å²) in [6, 6.07) is 5.05. The third-order valence-corrected chi connectivity index (χ3v) is 6.20. The lowest BCUT2D eigenvalue weighted by molar-refractivity contribution is -0.106. The van der Waals surface area contributed by atoms with Crippen molar-refractivity contribution in [2.75, 3.05) is 39.7 Å². The van der Waals surface area contributed by atoms with Crippen LogP contribution in [0.1, 0.15) is 12.5 Å². The van der Waals surface area contributed by atoms with Crippen LogP contribution in [0.2, 0.25) is 5.02 Å². The molecule has 0 bridgehead atoms. The zero-order valence-corrected chi connectivity index (χ0v) is 15.8. The molecule has 0 radical (unpaired) electrons. The van der Waals surface area contributed by atoms with E-state index in [2.05, 4.69) is 10.2 Å². The fourth-order valence-corrected chi connectivity index (χ4v) is 4.22. The third kappa shape index (κ3) is 4.09. The van der Waals surface area contributed by atoms with Gasteiger partial charge in [0.25, 0.3) is 0 Å². The molecule has 24 heavy (non-hydrogen) atoms. The van der Waals surface area contributed by atoms with Crippen LogP contribution in [0.3, 0.4) is 0 Å². The number of rotatable bonds is 6. The molecule has 0 saturated carbocycles. The molecule has 1 aromatic rings. The lowest BCUT2D eigenvalue weighted by atomic mass is 9.96. The minimum atomic E-state index is -3.36. The summed E-state index contributed by atoms with van der Waals surface area (Å²) >= 11 is 6.19. The lowest BCUT2D eigenvalue weighted by Crippen LogP contribution is -2.65. The summed E-state index contributed by atoms with van der Waals surface area (Å²) in [5, 5.41) is 13.5. The predicted molar refractivity (Wildman–Crippen MR) is 94.1 cm³/mol. The maximum Gasteiger partial charge on any atom is 0.175 e. The first-order valence-corrected chi connectivity index (χ1v) is 10.1. The summed E-state index contributed by atoms with van der Waals surface area (Å²) in [6.07, 6.45) is 1.17. The Kier molecular flexibility index (Phi) is 6.28. The topological polar surface area (TPSA) is 78.9 Å². The number of nitrogens with zero attached hydrogens (tertiary/aromatic N) is 1. The van der Waals surface area contributed by atoms with Gasteiger partial charge in [0.05, 0.1) is 30.3 Å². The Morgan fingerprint density at radius 1 is 1.50 bits per heavy atom. The lowest BCUT2D eigenvalue weighted by Gasteiger charge is -2.47. The monoisotopic (exact) mass is 376 g/mol. The van der Waals surface area contributed by atoms with Gasteiger partial charge in [0.1, 0.15) is 0 Å². The van der Waals surface area contributed by atoms with E-state index in [1.807, 2.05) is 14.0 Å². The van der Waals surface area contributed by atoms with Crippen molar-refractivity contribution in [3.8, 4) is 0 Å². The molecule has 0 amide bonds. The van der Waals surface area contributed by atoms with Gasteiger partial charge in [-0.25, -0.2) is 8.42 Å². The van der Waals surface area contributed by atoms with Crippen LogP contribution < -0.4 is 5.32 Å². The molecule has 2 atom stereocenters. The average molecular weight is 377 g/mol. The third-order valence-electron chi connectivity index (χ3n) is 4.66. The number of halogens is 1. The van der Waals surface area contributed by atoms with Crippen LogP contribution in [0.25, 0.3) is 0 Å². The fraction of sp³-hybridized carbons (Fsp3) is 0.625. The van der Waals surface area contributed by atoms with Gasteiger partial charge >= 0.3 is 0 Å². The van der Waals surface area contributed by atoms with Crippen LogP contribution in [0.15, 0.2) is 23.1 Å². The summed E-state index contributed by atoms with van der Waals surface area (Å²) in [4.78, 5) is 2.33. The second-order valence-corrected chi connectivity index (χ2v) is 8.84. The molecule has 1 aliphatic heterocycles. The number of sulfone groups is 1. The van der Waals surface area contributed by atoms with E-state index >= 15 is 0 Å². The van der Waals surface area contributed by atoms with E-state index in [1.165, 1.54) is 6.26 Å². The highest BCUT2D eigenvalue weighted by atomic mass is 35.5. The zero-order chi connectivity index (χ0) is 18.0. The van der Waals surface area contributed by atoms with Crippen molar-refractivity contribution in [1.29, 1.82) is 0 Å². The fourth-order valence-electron chi connectivity index (χ4n) is 2.97. The standard InChI is InChI=1S/C16H25ClN2O4S/c1-12-8-23-11-16(10-20,19(12)2)9-18-7-13-14(17)5-4-6-15(13)24(3,21)22/h4-6,12,18,20H,7-11H2,1-3H3/t12-,16+/m1/s1.